The first-order chi connectivity index (χ1) is 39.7. The van der Waals surface area contributed by atoms with Gasteiger partial charge in [0.05, 0.1) is 46.2 Å². The van der Waals surface area contributed by atoms with Crippen LogP contribution in [0.3, 0.4) is 0 Å². The molecule has 0 radical (unpaired) electrons. The summed E-state index contributed by atoms with van der Waals surface area (Å²) in [5.41, 5.74) is 0. The van der Waals surface area contributed by atoms with Gasteiger partial charge >= 0.3 is 0 Å². The zero-order valence-corrected chi connectivity index (χ0v) is 44.7. The highest BCUT2D eigenvalue weighted by Crippen LogP contribution is 2.37. The maximum absolute atomic E-state index is 12.7. The number of aliphatic hydroxyl groups excluding tert-OH is 21. The molecule has 2 amide bonds. The number of hydrogen-bond acceptors (Lipinski definition) is 36. The van der Waals surface area contributed by atoms with E-state index in [-0.39, 0.29) is 0 Å². The van der Waals surface area contributed by atoms with Crippen LogP contribution < -0.4 is 10.6 Å². The third-order valence-corrected chi connectivity index (χ3v) is 15.3. The van der Waals surface area contributed by atoms with Gasteiger partial charge in [-0.1, -0.05) is 0 Å². The van der Waals surface area contributed by atoms with Crippen LogP contribution in [0.25, 0.3) is 0 Å². The van der Waals surface area contributed by atoms with Gasteiger partial charge in [-0.05, 0) is 0 Å². The van der Waals surface area contributed by atoms with Crippen LogP contribution in [0.15, 0.2) is 0 Å². The molecule has 0 spiro atoms. The summed E-state index contributed by atoms with van der Waals surface area (Å²) in [6.07, 6.45) is -65.1. The fraction of sp³-hybridized carbons (Fsp3) is 0.957. The summed E-state index contributed by atoms with van der Waals surface area (Å²) < 4.78 is 74.3. The van der Waals surface area contributed by atoms with Crippen molar-refractivity contribution in [2.45, 2.75) is 229 Å². The van der Waals surface area contributed by atoms with Crippen LogP contribution in [0.5, 0.6) is 0 Å². The zero-order chi connectivity index (χ0) is 61.9. The summed E-state index contributed by atoms with van der Waals surface area (Å²) in [6, 6.07) is -3.37. The highest BCUT2D eigenvalue weighted by Gasteiger charge is 2.58. The Morgan fingerprint density at radius 2 is 0.607 bits per heavy atom. The maximum Gasteiger partial charge on any atom is 0.217 e. The molecule has 7 fully saturated rings. The average Bonchev–Trinajstić information content (AvgIpc) is 1.64. The fourth-order valence-corrected chi connectivity index (χ4v) is 10.6. The number of carbonyl (C=O) groups is 2. The van der Waals surface area contributed by atoms with Crippen molar-refractivity contribution < 1.29 is 178 Å². The quantitative estimate of drug-likeness (QED) is 0.0507. The van der Waals surface area contributed by atoms with E-state index in [0.29, 0.717) is 0 Å². The first-order valence-electron chi connectivity index (χ1n) is 26.6. The minimum atomic E-state index is -2.34. The third-order valence-electron chi connectivity index (χ3n) is 15.3. The predicted octanol–water partition coefficient (Wildman–Crippen LogP) is -16.0. The summed E-state index contributed by atoms with van der Waals surface area (Å²) in [6.45, 7) is -4.78. The molecule has 38 heteroatoms. The van der Waals surface area contributed by atoms with E-state index in [1.54, 1.807) is 0 Å². The Bertz CT molecular complexity index is 2060. The summed E-state index contributed by atoms with van der Waals surface area (Å²) in [5, 5.41) is 231. The molecule has 0 aromatic rings. The average molecular weight is 1240 g/mol. The molecule has 23 N–H and O–H groups in total. The van der Waals surface area contributed by atoms with E-state index in [9.17, 15) is 117 Å². The number of hydrogen-bond donors (Lipinski definition) is 23. The number of amides is 2. The Balaban J connectivity index is 1.17. The third kappa shape index (κ3) is 14.9. The molecule has 1 unspecified atom stereocenters. The lowest BCUT2D eigenvalue weighted by atomic mass is 9.94. The molecule has 7 aliphatic heterocycles. The van der Waals surface area contributed by atoms with Gasteiger partial charge in [-0.15, -0.1) is 0 Å². The minimum absolute atomic E-state index is 0.738. The largest absolute Gasteiger partial charge is 0.394 e. The molecular weight excluding hydrogens is 1160 g/mol. The van der Waals surface area contributed by atoms with Crippen molar-refractivity contribution in [2.24, 2.45) is 0 Å². The second-order valence-electron chi connectivity index (χ2n) is 21.1. The van der Waals surface area contributed by atoms with Crippen molar-refractivity contribution in [1.29, 1.82) is 0 Å². The topological polar surface area (TPSA) is 603 Å². The lowest BCUT2D eigenvalue weighted by Crippen LogP contribution is -2.70. The van der Waals surface area contributed by atoms with Gasteiger partial charge in [0.1, 0.15) is 171 Å². The van der Waals surface area contributed by atoms with Crippen LogP contribution in [-0.2, 0) is 71.2 Å². The maximum atomic E-state index is 12.7. The lowest BCUT2D eigenvalue weighted by molar-refractivity contribution is -0.387. The van der Waals surface area contributed by atoms with E-state index in [1.165, 1.54) is 0 Å². The van der Waals surface area contributed by atoms with Crippen LogP contribution >= 0.6 is 0 Å². The van der Waals surface area contributed by atoms with E-state index < -0.39 is 273 Å². The van der Waals surface area contributed by atoms with Crippen molar-refractivity contribution in [1.82, 2.24) is 10.6 Å². The van der Waals surface area contributed by atoms with Crippen LogP contribution in [0, 0.1) is 0 Å². The van der Waals surface area contributed by atoms with Gasteiger partial charge in [0, 0.05) is 13.8 Å². The van der Waals surface area contributed by atoms with Gasteiger partial charge in [0.25, 0.3) is 0 Å². The van der Waals surface area contributed by atoms with Crippen molar-refractivity contribution in [3.05, 3.63) is 0 Å². The molecule has 7 saturated heterocycles. The van der Waals surface area contributed by atoms with E-state index in [4.69, 9.17) is 61.6 Å². The Morgan fingerprint density at radius 1 is 0.310 bits per heavy atom. The molecule has 7 rings (SSSR count). The van der Waals surface area contributed by atoms with Crippen molar-refractivity contribution in [3.8, 4) is 0 Å². The SMILES string of the molecule is CC(=O)N[C@H]1[C@H](O[C@H]2[C@H](O)[C@@H](NC(C)=O)C(O)O[C@@H]2CO)O[C@H](CO)[C@@H](O[C@@H]2O[C@H](CO[C@H]3O[C@H](CO[C@H]4O[C@H](CO)[C@@H](O)[C@H](O)[C@@H]4O)[C@@H](O)[C@@H](O[C@H]4O[C@H](CO)[C@@H](O)[C@@H](O)[C@@H]4O)[C@@H]3O)[C@@H](O)[C@H](O[C@H]3O[C@H](CO)[C@@H](O)[C@H](O)[C@@H]3O)[C@@H]2O)[C@@H]1O. The standard InChI is InChI=1S/C46H78N2O36/c1-10(54)47-19-26(61)36(15(6-52)74-40(19)71)81-41-20(48-11(2)55)27(62)37(16(7-53)78-41)82-46-35(70)39(84-45-33(68)30(65)23(58)14(5-51)77-45)25(60)18(80-46)9-73-43-34(69)38(83-44-32(67)29(64)22(57)13(4-50)76-44)24(59)17(79-43)8-72-42-31(66)28(63)21(56)12(3-49)75-42/h12-46,49-53,56-71H,3-9H2,1-2H3,(H,47,54)(H,48,55)/t12-,13-,14-,15-,16-,17-,18-,19-,20-,21-,22-,23-,24-,25-,26-,27-,28+,29-,30+,31+,32+,33+,34+,35+,36-,37-,38-,39+,40?,41+,42+,43+,44-,45-,46+/m1/s1. The molecule has 0 aromatic heterocycles. The Kier molecular flexibility index (Phi) is 24.6. The molecule has 0 aromatic carbocycles. The van der Waals surface area contributed by atoms with Gasteiger partial charge in [-0.2, -0.15) is 0 Å². The Hall–Kier alpha value is -2.42. The highest BCUT2D eigenvalue weighted by atomic mass is 16.8. The first kappa shape index (κ1) is 69.1. The fourth-order valence-electron chi connectivity index (χ4n) is 10.6. The first-order valence-corrected chi connectivity index (χ1v) is 26.6. The number of rotatable bonds is 21. The predicted molar refractivity (Wildman–Crippen MR) is 255 cm³/mol. The van der Waals surface area contributed by atoms with E-state index in [0.717, 1.165) is 13.8 Å². The van der Waals surface area contributed by atoms with Crippen LogP contribution in [0.1, 0.15) is 13.8 Å². The molecule has 84 heavy (non-hydrogen) atoms. The van der Waals surface area contributed by atoms with Crippen molar-refractivity contribution in [2.75, 3.05) is 46.2 Å². The smallest absolute Gasteiger partial charge is 0.217 e. The van der Waals surface area contributed by atoms with Gasteiger partial charge in [-0.3, -0.25) is 9.59 Å². The molecule has 0 bridgehead atoms. The van der Waals surface area contributed by atoms with Crippen molar-refractivity contribution in [3.63, 3.8) is 0 Å². The molecule has 0 aliphatic carbocycles. The van der Waals surface area contributed by atoms with E-state index in [2.05, 4.69) is 10.6 Å². The second kappa shape index (κ2) is 29.9. The second-order valence-corrected chi connectivity index (χ2v) is 21.1. The molecule has 488 valence electrons. The summed E-state index contributed by atoms with van der Waals surface area (Å²) in [7, 11) is 0. The zero-order valence-electron chi connectivity index (χ0n) is 44.7. The van der Waals surface area contributed by atoms with Crippen LogP contribution in [0.4, 0.5) is 0 Å². The Morgan fingerprint density at radius 3 is 1.04 bits per heavy atom. The summed E-state index contributed by atoms with van der Waals surface area (Å²) in [5.74, 6) is -1.61. The lowest BCUT2D eigenvalue weighted by Gasteiger charge is -2.50. The molecule has 0 saturated carbocycles. The minimum Gasteiger partial charge on any atom is -0.394 e. The Labute approximate surface area is 475 Å². The van der Waals surface area contributed by atoms with Crippen LogP contribution in [-0.4, -0.2) is 380 Å². The number of ether oxygens (including phenoxy) is 13. The number of nitrogens with one attached hydrogen (secondary N) is 2. The van der Waals surface area contributed by atoms with Crippen LogP contribution in [0.2, 0.25) is 0 Å². The number of carbonyl (C=O) groups excluding carboxylic acids is 2. The molecule has 35 atom stereocenters. The summed E-state index contributed by atoms with van der Waals surface area (Å²) in [4.78, 5) is 24.6. The van der Waals surface area contributed by atoms with E-state index in [1.807, 2.05) is 0 Å². The molecule has 7 aliphatic rings. The monoisotopic (exact) mass is 1230 g/mol. The molecule has 38 nitrogen and oxygen atoms in total. The van der Waals surface area contributed by atoms with Gasteiger partial charge in [0.15, 0.2) is 44.0 Å². The van der Waals surface area contributed by atoms with Crippen molar-refractivity contribution >= 4 is 11.8 Å². The highest BCUT2D eigenvalue weighted by molar-refractivity contribution is 5.73. The molecular formula is C46H78N2O36. The van der Waals surface area contributed by atoms with Gasteiger partial charge in [-0.25, -0.2) is 0 Å². The van der Waals surface area contributed by atoms with E-state index >= 15 is 0 Å². The van der Waals surface area contributed by atoms with Gasteiger partial charge < -0.3 is 179 Å². The molecule has 7 heterocycles. The van der Waals surface area contributed by atoms with Gasteiger partial charge in [0.2, 0.25) is 11.8 Å². The normalized spacial score (nSPS) is 50.3. The summed E-state index contributed by atoms with van der Waals surface area (Å²) >= 11 is 0. The number of aliphatic hydroxyl groups is 21.